The Kier molecular flexibility index (Phi) is 5.07. The molecule has 1 fully saturated rings. The van der Waals surface area contributed by atoms with Crippen LogP contribution in [0.4, 0.5) is 10.5 Å². The molecule has 0 radical (unpaired) electrons. The van der Waals surface area contributed by atoms with E-state index in [4.69, 9.17) is 4.74 Å². The van der Waals surface area contributed by atoms with Crippen molar-refractivity contribution in [2.24, 2.45) is 0 Å². The third-order valence-electron chi connectivity index (χ3n) is 5.54. The molecular weight excluding hydrogens is 364 g/mol. The van der Waals surface area contributed by atoms with E-state index in [1.54, 1.807) is 4.90 Å². The van der Waals surface area contributed by atoms with Gasteiger partial charge in [0, 0.05) is 18.8 Å². The summed E-state index contributed by atoms with van der Waals surface area (Å²) in [4.78, 5) is 29.5. The highest BCUT2D eigenvalue weighted by molar-refractivity contribution is 6.01. The first-order valence-corrected chi connectivity index (χ1v) is 10.3. The van der Waals surface area contributed by atoms with E-state index < -0.39 is 17.7 Å². The van der Waals surface area contributed by atoms with E-state index in [1.165, 1.54) is 11.1 Å². The topological polar surface area (TPSA) is 49.9 Å². The van der Waals surface area contributed by atoms with Gasteiger partial charge in [-0.15, -0.1) is 0 Å². The maximum absolute atomic E-state index is 13.4. The van der Waals surface area contributed by atoms with Gasteiger partial charge in [0.2, 0.25) is 5.91 Å². The van der Waals surface area contributed by atoms with Crippen molar-refractivity contribution in [3.63, 3.8) is 0 Å². The van der Waals surface area contributed by atoms with Crippen LogP contribution in [0.1, 0.15) is 39.2 Å². The molecule has 0 saturated carbocycles. The van der Waals surface area contributed by atoms with E-state index in [0.29, 0.717) is 19.5 Å². The number of fused-ring (bicyclic) bond motifs is 1. The number of rotatable bonds is 2. The molecule has 0 spiro atoms. The number of anilines is 1. The fourth-order valence-electron chi connectivity index (χ4n) is 4.29. The fraction of sp³-hybridized carbons (Fsp3) is 0.417. The third kappa shape index (κ3) is 3.86. The molecule has 1 atom stereocenters. The van der Waals surface area contributed by atoms with Gasteiger partial charge in [-0.05, 0) is 62.8 Å². The van der Waals surface area contributed by atoms with Crippen LogP contribution in [0, 0.1) is 0 Å². The Morgan fingerprint density at radius 3 is 2.48 bits per heavy atom. The average Bonchev–Trinajstić information content (AvgIpc) is 3.34. The molecule has 2 aliphatic heterocycles. The van der Waals surface area contributed by atoms with Crippen molar-refractivity contribution in [1.82, 2.24) is 4.90 Å². The third-order valence-corrected chi connectivity index (χ3v) is 5.54. The Bertz CT molecular complexity index is 917. The fourth-order valence-corrected chi connectivity index (χ4v) is 4.29. The molecule has 0 bridgehead atoms. The molecule has 2 aromatic carbocycles. The van der Waals surface area contributed by atoms with Crippen LogP contribution in [0.5, 0.6) is 0 Å². The Morgan fingerprint density at radius 2 is 1.76 bits per heavy atom. The van der Waals surface area contributed by atoms with Gasteiger partial charge in [0.1, 0.15) is 11.6 Å². The van der Waals surface area contributed by atoms with Crippen molar-refractivity contribution in [2.45, 2.75) is 51.7 Å². The predicted octanol–water partition coefficient (Wildman–Crippen LogP) is 4.64. The van der Waals surface area contributed by atoms with Gasteiger partial charge in [-0.25, -0.2) is 4.79 Å². The summed E-state index contributed by atoms with van der Waals surface area (Å²) < 4.78 is 5.53. The molecule has 152 valence electrons. The van der Waals surface area contributed by atoms with Crippen LogP contribution in [0.25, 0.3) is 11.1 Å². The summed E-state index contributed by atoms with van der Waals surface area (Å²) in [6.45, 7) is 6.76. The zero-order valence-corrected chi connectivity index (χ0v) is 17.4. The smallest absolute Gasteiger partial charge is 0.410 e. The Hall–Kier alpha value is -2.82. The van der Waals surface area contributed by atoms with Crippen LogP contribution in [0.2, 0.25) is 0 Å². The minimum Gasteiger partial charge on any atom is -0.444 e. The van der Waals surface area contributed by atoms with Gasteiger partial charge < -0.3 is 9.64 Å². The van der Waals surface area contributed by atoms with Crippen molar-refractivity contribution < 1.29 is 14.3 Å². The van der Waals surface area contributed by atoms with Gasteiger partial charge >= 0.3 is 6.09 Å². The number of amides is 2. The second-order valence-electron chi connectivity index (χ2n) is 8.74. The van der Waals surface area contributed by atoms with Crippen LogP contribution in [0.3, 0.4) is 0 Å². The van der Waals surface area contributed by atoms with E-state index in [1.807, 2.05) is 56.0 Å². The molecule has 0 unspecified atom stereocenters. The maximum Gasteiger partial charge on any atom is 0.410 e. The van der Waals surface area contributed by atoms with E-state index in [-0.39, 0.29) is 5.91 Å². The zero-order valence-electron chi connectivity index (χ0n) is 17.4. The average molecular weight is 392 g/mol. The highest BCUT2D eigenvalue weighted by Gasteiger charge is 2.40. The van der Waals surface area contributed by atoms with Gasteiger partial charge in [0.15, 0.2) is 0 Å². The maximum atomic E-state index is 13.4. The van der Waals surface area contributed by atoms with Gasteiger partial charge in [-0.1, -0.05) is 42.5 Å². The van der Waals surface area contributed by atoms with Gasteiger partial charge in [-0.3, -0.25) is 9.69 Å². The molecule has 4 rings (SSSR count). The highest BCUT2D eigenvalue weighted by atomic mass is 16.6. The zero-order chi connectivity index (χ0) is 20.6. The summed E-state index contributed by atoms with van der Waals surface area (Å²) in [7, 11) is 0. The number of likely N-dealkylation sites (tertiary alicyclic amines) is 1. The number of hydrogen-bond donors (Lipinski definition) is 0. The summed E-state index contributed by atoms with van der Waals surface area (Å²) in [6, 6.07) is 16.0. The van der Waals surface area contributed by atoms with Crippen molar-refractivity contribution in [3.8, 4) is 11.1 Å². The molecule has 1 saturated heterocycles. The van der Waals surface area contributed by atoms with Crippen LogP contribution >= 0.6 is 0 Å². The molecule has 5 nitrogen and oxygen atoms in total. The van der Waals surface area contributed by atoms with Gasteiger partial charge in [-0.2, -0.15) is 0 Å². The molecule has 0 N–H and O–H groups in total. The molecular formula is C24H28N2O3. The number of hydrogen-bond acceptors (Lipinski definition) is 3. The number of benzene rings is 2. The Balaban J connectivity index is 1.58. The summed E-state index contributed by atoms with van der Waals surface area (Å²) >= 11 is 0. The number of carbonyl (C=O) groups is 2. The quantitative estimate of drug-likeness (QED) is 0.748. The Morgan fingerprint density at radius 1 is 1.00 bits per heavy atom. The van der Waals surface area contributed by atoms with E-state index >= 15 is 0 Å². The van der Waals surface area contributed by atoms with E-state index in [9.17, 15) is 9.59 Å². The van der Waals surface area contributed by atoms with Crippen LogP contribution in [0.15, 0.2) is 48.5 Å². The van der Waals surface area contributed by atoms with Gasteiger partial charge in [0.05, 0.1) is 0 Å². The van der Waals surface area contributed by atoms with E-state index in [0.717, 1.165) is 24.1 Å². The molecule has 29 heavy (non-hydrogen) atoms. The minimum absolute atomic E-state index is 0.00248. The van der Waals surface area contributed by atoms with Crippen molar-refractivity contribution in [2.75, 3.05) is 18.0 Å². The molecule has 2 aliphatic rings. The van der Waals surface area contributed by atoms with Gasteiger partial charge in [0.25, 0.3) is 0 Å². The van der Waals surface area contributed by atoms with Crippen LogP contribution in [-0.2, 0) is 16.0 Å². The predicted molar refractivity (Wildman–Crippen MR) is 114 cm³/mol. The van der Waals surface area contributed by atoms with Crippen LogP contribution in [-0.4, -0.2) is 41.6 Å². The SMILES string of the molecule is CC(C)(C)OC(=O)N1CCC[C@H]1C(=O)N1CCc2c(-c3ccccc3)cccc21. The lowest BCUT2D eigenvalue weighted by atomic mass is 9.98. The first-order valence-electron chi connectivity index (χ1n) is 10.3. The number of carbonyl (C=O) groups excluding carboxylic acids is 2. The molecule has 0 aliphatic carbocycles. The normalized spacial score (nSPS) is 18.7. The summed E-state index contributed by atoms with van der Waals surface area (Å²) in [5.41, 5.74) is 3.93. The monoisotopic (exact) mass is 392 g/mol. The molecule has 2 heterocycles. The lowest BCUT2D eigenvalue weighted by Crippen LogP contribution is -2.48. The van der Waals surface area contributed by atoms with Crippen molar-refractivity contribution in [3.05, 3.63) is 54.1 Å². The lowest BCUT2D eigenvalue weighted by molar-refractivity contribution is -0.122. The summed E-state index contributed by atoms with van der Waals surface area (Å²) in [6.07, 6.45) is 1.93. The molecule has 2 amide bonds. The van der Waals surface area contributed by atoms with Crippen molar-refractivity contribution >= 4 is 17.7 Å². The first kappa shape index (κ1) is 19.5. The first-order chi connectivity index (χ1) is 13.8. The second kappa shape index (κ2) is 7.54. The minimum atomic E-state index is -0.571. The highest BCUT2D eigenvalue weighted by Crippen LogP contribution is 2.37. The number of nitrogens with zero attached hydrogens (tertiary/aromatic N) is 2. The second-order valence-corrected chi connectivity index (χ2v) is 8.74. The van der Waals surface area contributed by atoms with Crippen molar-refractivity contribution in [1.29, 1.82) is 0 Å². The molecule has 5 heteroatoms. The summed E-state index contributed by atoms with van der Waals surface area (Å²) in [5, 5.41) is 0. The number of ether oxygens (including phenoxy) is 1. The molecule has 0 aromatic heterocycles. The van der Waals surface area contributed by atoms with E-state index in [2.05, 4.69) is 18.2 Å². The lowest BCUT2D eigenvalue weighted by Gasteiger charge is -2.30. The summed E-state index contributed by atoms with van der Waals surface area (Å²) in [5.74, 6) is -0.00248. The standard InChI is InChI=1S/C24H28N2O3/c1-24(2,3)29-23(28)26-15-8-13-21(26)22(27)25-16-14-19-18(11-7-12-20(19)25)17-9-5-4-6-10-17/h4-7,9-12,21H,8,13-16H2,1-3H3/t21-/m0/s1. The van der Waals surface area contributed by atoms with Crippen LogP contribution < -0.4 is 4.90 Å². The Labute approximate surface area is 172 Å². The largest absolute Gasteiger partial charge is 0.444 e. The molecule has 2 aromatic rings.